The molecule has 1 fully saturated rings. The number of amides is 2. The number of nitrogens with one attached hydrogen (secondary N) is 1. The number of piperidine rings is 1. The lowest BCUT2D eigenvalue weighted by Gasteiger charge is -2.32. The van der Waals surface area contributed by atoms with E-state index in [9.17, 15) is 9.59 Å². The summed E-state index contributed by atoms with van der Waals surface area (Å²) in [4.78, 5) is 27.2. The summed E-state index contributed by atoms with van der Waals surface area (Å²) in [6.07, 6.45) is 1.43. The first-order valence-electron chi connectivity index (χ1n) is 10.3. The molecule has 154 valence electrons. The number of carbonyl (C=O) groups excluding carboxylic acids is 2. The summed E-state index contributed by atoms with van der Waals surface area (Å²) >= 11 is 3.39. The van der Waals surface area contributed by atoms with Crippen LogP contribution in [0.4, 0.5) is 0 Å². The molecule has 1 heterocycles. The number of halogens is 1. The SMILES string of the molecule is CC(C)C(CNC(=O)C1CCN(C(=O)c2ccc(Br)cc2)CC1)c1ccccc1. The monoisotopic (exact) mass is 456 g/mol. The van der Waals surface area contributed by atoms with Gasteiger partial charge in [0.2, 0.25) is 5.91 Å². The molecule has 2 aromatic rings. The quantitative estimate of drug-likeness (QED) is 0.674. The van der Waals surface area contributed by atoms with E-state index in [1.54, 1.807) is 0 Å². The van der Waals surface area contributed by atoms with E-state index in [-0.39, 0.29) is 17.7 Å². The number of hydrogen-bond acceptors (Lipinski definition) is 2. The Morgan fingerprint density at radius 1 is 1.03 bits per heavy atom. The zero-order valence-electron chi connectivity index (χ0n) is 17.1. The van der Waals surface area contributed by atoms with Gasteiger partial charge in [-0.3, -0.25) is 9.59 Å². The molecule has 0 aliphatic carbocycles. The Morgan fingerprint density at radius 2 is 1.66 bits per heavy atom. The van der Waals surface area contributed by atoms with E-state index in [4.69, 9.17) is 0 Å². The van der Waals surface area contributed by atoms with Gasteiger partial charge >= 0.3 is 0 Å². The zero-order chi connectivity index (χ0) is 20.8. The van der Waals surface area contributed by atoms with Crippen molar-refractivity contribution in [3.8, 4) is 0 Å². The minimum atomic E-state index is -0.0208. The van der Waals surface area contributed by atoms with Crippen molar-refractivity contribution in [2.45, 2.75) is 32.6 Å². The molecular formula is C24H29BrN2O2. The molecule has 2 amide bonds. The average molecular weight is 457 g/mol. The van der Waals surface area contributed by atoms with E-state index in [1.807, 2.05) is 47.4 Å². The molecule has 0 bridgehead atoms. The highest BCUT2D eigenvalue weighted by atomic mass is 79.9. The Hall–Kier alpha value is -2.14. The Balaban J connectivity index is 1.50. The Morgan fingerprint density at radius 3 is 2.24 bits per heavy atom. The third-order valence-corrected chi connectivity index (χ3v) is 6.30. The number of carbonyl (C=O) groups is 2. The maximum absolute atomic E-state index is 12.7. The fraction of sp³-hybridized carbons (Fsp3) is 0.417. The molecule has 0 saturated carbocycles. The van der Waals surface area contributed by atoms with E-state index < -0.39 is 0 Å². The van der Waals surface area contributed by atoms with E-state index in [0.29, 0.717) is 49.9 Å². The lowest BCUT2D eigenvalue weighted by Crippen LogP contribution is -2.43. The molecule has 3 rings (SSSR count). The van der Waals surface area contributed by atoms with Gasteiger partial charge in [0.1, 0.15) is 0 Å². The van der Waals surface area contributed by atoms with E-state index in [2.05, 4.69) is 47.2 Å². The molecule has 4 nitrogen and oxygen atoms in total. The molecule has 0 radical (unpaired) electrons. The third-order valence-electron chi connectivity index (χ3n) is 5.77. The molecule has 1 unspecified atom stereocenters. The second-order valence-electron chi connectivity index (χ2n) is 8.08. The Kier molecular flexibility index (Phi) is 7.48. The topological polar surface area (TPSA) is 49.4 Å². The van der Waals surface area contributed by atoms with E-state index >= 15 is 0 Å². The van der Waals surface area contributed by atoms with Gasteiger partial charge in [-0.2, -0.15) is 0 Å². The molecule has 0 aromatic heterocycles. The molecule has 1 aliphatic heterocycles. The van der Waals surface area contributed by atoms with Gasteiger partial charge in [0.25, 0.3) is 5.91 Å². The van der Waals surface area contributed by atoms with Crippen LogP contribution >= 0.6 is 15.9 Å². The second kappa shape index (κ2) is 10.1. The van der Waals surface area contributed by atoms with Crippen molar-refractivity contribution < 1.29 is 9.59 Å². The summed E-state index contributed by atoms with van der Waals surface area (Å²) in [6, 6.07) is 17.8. The van der Waals surface area contributed by atoms with Crippen LogP contribution in [0.3, 0.4) is 0 Å². The highest BCUT2D eigenvalue weighted by molar-refractivity contribution is 9.10. The lowest BCUT2D eigenvalue weighted by atomic mass is 9.88. The fourth-order valence-electron chi connectivity index (χ4n) is 3.91. The van der Waals surface area contributed by atoms with Crippen molar-refractivity contribution in [3.63, 3.8) is 0 Å². The van der Waals surface area contributed by atoms with Crippen LogP contribution in [-0.4, -0.2) is 36.3 Å². The van der Waals surface area contributed by atoms with Crippen molar-refractivity contribution in [2.24, 2.45) is 11.8 Å². The first kappa shape index (κ1) is 21.6. The minimum absolute atomic E-state index is 0.0208. The van der Waals surface area contributed by atoms with Crippen molar-refractivity contribution in [3.05, 3.63) is 70.2 Å². The van der Waals surface area contributed by atoms with Gasteiger partial charge in [-0.05, 0) is 48.6 Å². The fourth-order valence-corrected chi connectivity index (χ4v) is 4.18. The smallest absolute Gasteiger partial charge is 0.253 e. The highest BCUT2D eigenvalue weighted by Crippen LogP contribution is 2.24. The van der Waals surface area contributed by atoms with Gasteiger partial charge in [-0.1, -0.05) is 60.1 Å². The van der Waals surface area contributed by atoms with Crippen LogP contribution in [0, 0.1) is 11.8 Å². The molecule has 1 saturated heterocycles. The molecular weight excluding hydrogens is 428 g/mol. The van der Waals surface area contributed by atoms with Gasteiger partial charge in [0, 0.05) is 41.5 Å². The first-order valence-corrected chi connectivity index (χ1v) is 11.1. The minimum Gasteiger partial charge on any atom is -0.355 e. The summed E-state index contributed by atoms with van der Waals surface area (Å²) in [5, 5.41) is 3.17. The Bertz CT molecular complexity index is 813. The summed E-state index contributed by atoms with van der Waals surface area (Å²) in [6.45, 7) is 6.28. The van der Waals surface area contributed by atoms with Crippen molar-refractivity contribution in [1.82, 2.24) is 10.2 Å². The van der Waals surface area contributed by atoms with Gasteiger partial charge in [0.15, 0.2) is 0 Å². The highest BCUT2D eigenvalue weighted by Gasteiger charge is 2.28. The summed E-state index contributed by atoms with van der Waals surface area (Å²) < 4.78 is 0.958. The summed E-state index contributed by atoms with van der Waals surface area (Å²) in [5.41, 5.74) is 1.96. The number of rotatable bonds is 6. The maximum Gasteiger partial charge on any atom is 0.253 e. The molecule has 0 spiro atoms. The van der Waals surface area contributed by atoms with Crippen LogP contribution in [0.5, 0.6) is 0 Å². The zero-order valence-corrected chi connectivity index (χ0v) is 18.7. The summed E-state index contributed by atoms with van der Waals surface area (Å²) in [5.74, 6) is 0.887. The Labute approximate surface area is 181 Å². The largest absolute Gasteiger partial charge is 0.355 e. The lowest BCUT2D eigenvalue weighted by molar-refractivity contribution is -0.126. The van der Waals surface area contributed by atoms with Crippen LogP contribution < -0.4 is 5.32 Å². The summed E-state index contributed by atoms with van der Waals surface area (Å²) in [7, 11) is 0. The molecule has 2 aromatic carbocycles. The predicted molar refractivity (Wildman–Crippen MR) is 120 cm³/mol. The number of nitrogens with zero attached hydrogens (tertiary/aromatic N) is 1. The number of benzene rings is 2. The third kappa shape index (κ3) is 5.69. The van der Waals surface area contributed by atoms with Crippen LogP contribution in [-0.2, 0) is 4.79 Å². The predicted octanol–water partition coefficient (Wildman–Crippen LogP) is 4.86. The average Bonchev–Trinajstić information content (AvgIpc) is 2.74. The molecule has 5 heteroatoms. The second-order valence-corrected chi connectivity index (χ2v) is 9.00. The van der Waals surface area contributed by atoms with Crippen molar-refractivity contribution in [1.29, 1.82) is 0 Å². The number of hydrogen-bond donors (Lipinski definition) is 1. The molecule has 1 N–H and O–H groups in total. The first-order chi connectivity index (χ1) is 14.0. The normalized spacial score (nSPS) is 15.9. The number of likely N-dealkylation sites (tertiary alicyclic amines) is 1. The van der Waals surface area contributed by atoms with Gasteiger partial charge < -0.3 is 10.2 Å². The van der Waals surface area contributed by atoms with E-state index in [1.165, 1.54) is 5.56 Å². The van der Waals surface area contributed by atoms with Crippen molar-refractivity contribution >= 4 is 27.7 Å². The van der Waals surface area contributed by atoms with Crippen LogP contribution in [0.15, 0.2) is 59.1 Å². The molecule has 1 aliphatic rings. The standard InChI is InChI=1S/C24H29BrN2O2/c1-17(2)22(18-6-4-3-5-7-18)16-26-23(28)19-12-14-27(15-13-19)24(29)20-8-10-21(25)11-9-20/h3-11,17,19,22H,12-16H2,1-2H3,(H,26,28). The van der Waals surface area contributed by atoms with Crippen LogP contribution in [0.25, 0.3) is 0 Å². The van der Waals surface area contributed by atoms with Crippen LogP contribution in [0.2, 0.25) is 0 Å². The van der Waals surface area contributed by atoms with Gasteiger partial charge in [-0.15, -0.1) is 0 Å². The van der Waals surface area contributed by atoms with Crippen LogP contribution in [0.1, 0.15) is 48.5 Å². The van der Waals surface area contributed by atoms with Gasteiger partial charge in [0.05, 0.1) is 0 Å². The molecule has 29 heavy (non-hydrogen) atoms. The van der Waals surface area contributed by atoms with Crippen molar-refractivity contribution in [2.75, 3.05) is 19.6 Å². The van der Waals surface area contributed by atoms with Gasteiger partial charge in [-0.25, -0.2) is 0 Å². The molecule has 1 atom stereocenters. The maximum atomic E-state index is 12.7. The van der Waals surface area contributed by atoms with E-state index in [0.717, 1.165) is 4.47 Å².